The van der Waals surface area contributed by atoms with E-state index in [0.717, 1.165) is 23.2 Å². The number of primary sulfonamides is 1. The van der Waals surface area contributed by atoms with Gasteiger partial charge in [-0.05, 0) is 79.5 Å². The van der Waals surface area contributed by atoms with Gasteiger partial charge >= 0.3 is 6.18 Å². The van der Waals surface area contributed by atoms with Crippen LogP contribution in [-0.4, -0.2) is 34.7 Å². The van der Waals surface area contributed by atoms with Crippen LogP contribution in [-0.2, 0) is 32.1 Å². The van der Waals surface area contributed by atoms with Gasteiger partial charge in [-0.1, -0.05) is 55.7 Å². The molecule has 0 aliphatic heterocycles. The maximum Gasteiger partial charge on any atom is 0.433 e. The summed E-state index contributed by atoms with van der Waals surface area (Å²) in [6.07, 6.45) is -3.07. The van der Waals surface area contributed by atoms with Crippen molar-refractivity contribution in [2.45, 2.75) is 61.1 Å². The number of anilines is 1. The Morgan fingerprint density at radius 3 is 2.17 bits per heavy atom. The number of halogens is 3. The van der Waals surface area contributed by atoms with Crippen molar-refractivity contribution in [3.63, 3.8) is 0 Å². The first kappa shape index (κ1) is 31.6. The largest absolute Gasteiger partial charge is 0.433 e. The number of para-hydroxylation sites is 1. The van der Waals surface area contributed by atoms with Crippen molar-refractivity contribution in [2.75, 3.05) is 10.8 Å². The zero-order chi connectivity index (χ0) is 30.9. The van der Waals surface area contributed by atoms with Gasteiger partial charge in [-0.2, -0.15) is 13.2 Å². The van der Waals surface area contributed by atoms with Crippen LogP contribution in [0.15, 0.2) is 76.5 Å². The second kappa shape index (κ2) is 11.7. The van der Waals surface area contributed by atoms with Crippen LogP contribution in [0.3, 0.4) is 0 Å². The molecule has 0 heterocycles. The molecule has 1 aliphatic carbocycles. The number of nitrogens with two attached hydrogens (primary N) is 1. The highest BCUT2D eigenvalue weighted by Crippen LogP contribution is 2.45. The fourth-order valence-corrected chi connectivity index (χ4v) is 7.16. The lowest BCUT2D eigenvalue weighted by Crippen LogP contribution is -2.43. The molecular weight excluding hydrogens is 589 g/mol. The molecule has 3 N–H and O–H groups in total. The van der Waals surface area contributed by atoms with E-state index in [9.17, 15) is 35.1 Å². The van der Waals surface area contributed by atoms with Gasteiger partial charge in [0.2, 0.25) is 10.0 Å². The van der Waals surface area contributed by atoms with Crippen molar-refractivity contribution in [2.24, 2.45) is 11.1 Å². The number of benzene rings is 3. The summed E-state index contributed by atoms with van der Waals surface area (Å²) in [6.45, 7) is 3.26. The Balaban J connectivity index is 1.91. The summed E-state index contributed by atoms with van der Waals surface area (Å²) in [5, 5.41) is 16.6. The molecule has 1 saturated carbocycles. The molecule has 4 rings (SSSR count). The first-order valence-electron chi connectivity index (χ1n) is 13.3. The molecule has 0 aromatic heterocycles. The fraction of sp³-hybridized carbons (Fsp3) is 0.333. The third-order valence-corrected chi connectivity index (χ3v) is 9.95. The van der Waals surface area contributed by atoms with Crippen molar-refractivity contribution in [3.05, 3.63) is 89.0 Å². The minimum absolute atomic E-state index is 0.0430. The monoisotopic (exact) mass is 620 g/mol. The summed E-state index contributed by atoms with van der Waals surface area (Å²) in [6, 6.07) is 14.7. The van der Waals surface area contributed by atoms with Gasteiger partial charge in [0, 0.05) is 17.7 Å². The van der Waals surface area contributed by atoms with Crippen LogP contribution in [0.4, 0.5) is 18.9 Å². The number of aliphatic hydroxyl groups is 1. The summed E-state index contributed by atoms with van der Waals surface area (Å²) in [4.78, 5) is -0.248. The van der Waals surface area contributed by atoms with Crippen LogP contribution in [0.2, 0.25) is 0 Å². The highest BCUT2D eigenvalue weighted by atomic mass is 32.2. The first-order chi connectivity index (χ1) is 19.6. The molecule has 1 aliphatic rings. The fourth-order valence-electron chi connectivity index (χ4n) is 4.72. The van der Waals surface area contributed by atoms with Crippen LogP contribution in [0.1, 0.15) is 48.4 Å². The van der Waals surface area contributed by atoms with Crippen LogP contribution < -0.4 is 9.44 Å². The van der Waals surface area contributed by atoms with E-state index in [1.54, 1.807) is 13.0 Å². The van der Waals surface area contributed by atoms with E-state index in [1.165, 1.54) is 61.5 Å². The Kier molecular flexibility index (Phi) is 8.81. The Hall–Kier alpha value is -3.37. The summed E-state index contributed by atoms with van der Waals surface area (Å²) in [5.74, 6) is 4.33. The maximum atomic E-state index is 14.7. The standard InChI is InChI=1S/C30H31F3N2O5S2/c1-3-9-25-21(2)23(16-17-28(25)41(34,37)38)18-19-29(36,30(31,32)33)26-12-7-8-13-27(26)35(20-22-14-15-22)42(39,40)24-10-5-4-6-11-24/h4-8,10-13,16-17,22,36H,3,9,14-15,20H2,1-2H3,(H2,34,37,38). The lowest BCUT2D eigenvalue weighted by molar-refractivity contribution is -0.240. The van der Waals surface area contributed by atoms with Crippen molar-refractivity contribution in [3.8, 4) is 11.8 Å². The van der Waals surface area contributed by atoms with Gasteiger partial charge in [0.15, 0.2) is 0 Å². The molecule has 3 aromatic carbocycles. The van der Waals surface area contributed by atoms with Crippen molar-refractivity contribution in [1.82, 2.24) is 0 Å². The van der Waals surface area contributed by atoms with E-state index in [-0.39, 0.29) is 39.9 Å². The SMILES string of the molecule is CCCc1c(S(N)(=O)=O)ccc(C#CC(O)(c2ccccc2N(CC2CC2)S(=O)(=O)c2ccccc2)C(F)(F)F)c1C. The molecule has 0 saturated heterocycles. The molecule has 0 radical (unpaired) electrons. The lowest BCUT2D eigenvalue weighted by atomic mass is 9.90. The van der Waals surface area contributed by atoms with Gasteiger partial charge < -0.3 is 5.11 Å². The highest BCUT2D eigenvalue weighted by molar-refractivity contribution is 7.92. The number of nitrogens with zero attached hydrogens (tertiary/aromatic N) is 1. The van der Waals surface area contributed by atoms with Crippen LogP contribution in [0.25, 0.3) is 0 Å². The van der Waals surface area contributed by atoms with Gasteiger partial charge in [-0.3, -0.25) is 4.31 Å². The first-order valence-corrected chi connectivity index (χ1v) is 16.2. The number of sulfonamides is 2. The molecule has 0 amide bonds. The normalized spacial score (nSPS) is 15.4. The van der Waals surface area contributed by atoms with Gasteiger partial charge in [0.1, 0.15) is 0 Å². The quantitative estimate of drug-likeness (QED) is 0.327. The second-order valence-corrected chi connectivity index (χ2v) is 13.7. The minimum atomic E-state index is -5.33. The number of hydrogen-bond acceptors (Lipinski definition) is 5. The zero-order valence-electron chi connectivity index (χ0n) is 23.0. The summed E-state index contributed by atoms with van der Waals surface area (Å²) in [5.41, 5.74) is -4.14. The Morgan fingerprint density at radius 1 is 0.976 bits per heavy atom. The molecule has 3 aromatic rings. The predicted octanol–water partition coefficient (Wildman–Crippen LogP) is 5.00. The molecule has 0 bridgehead atoms. The molecule has 12 heteroatoms. The van der Waals surface area contributed by atoms with Gasteiger partial charge in [-0.15, -0.1) is 0 Å². The number of alkyl halides is 3. The van der Waals surface area contributed by atoms with E-state index >= 15 is 0 Å². The smallest absolute Gasteiger partial charge is 0.366 e. The van der Waals surface area contributed by atoms with Crippen LogP contribution in [0.5, 0.6) is 0 Å². The molecule has 42 heavy (non-hydrogen) atoms. The molecule has 1 atom stereocenters. The molecule has 0 spiro atoms. The minimum Gasteiger partial charge on any atom is -0.366 e. The predicted molar refractivity (Wildman–Crippen MR) is 154 cm³/mol. The topological polar surface area (TPSA) is 118 Å². The van der Waals surface area contributed by atoms with Gasteiger partial charge in [-0.25, -0.2) is 22.0 Å². The Bertz CT molecular complexity index is 1740. The molecule has 1 fully saturated rings. The maximum absolute atomic E-state index is 14.7. The summed E-state index contributed by atoms with van der Waals surface area (Å²) < 4.78 is 96.8. The average molecular weight is 621 g/mol. The third-order valence-electron chi connectivity index (χ3n) is 7.16. The van der Waals surface area contributed by atoms with E-state index in [0.29, 0.717) is 17.5 Å². The van der Waals surface area contributed by atoms with Crippen LogP contribution >= 0.6 is 0 Å². The second-order valence-electron chi connectivity index (χ2n) is 10.3. The Labute approximate surface area is 244 Å². The van der Waals surface area contributed by atoms with Gasteiger partial charge in [0.25, 0.3) is 15.6 Å². The van der Waals surface area contributed by atoms with E-state index in [1.807, 2.05) is 5.92 Å². The Morgan fingerprint density at radius 2 is 1.60 bits per heavy atom. The lowest BCUT2D eigenvalue weighted by Gasteiger charge is -2.32. The highest BCUT2D eigenvalue weighted by Gasteiger charge is 2.56. The summed E-state index contributed by atoms with van der Waals surface area (Å²) >= 11 is 0. The average Bonchev–Trinajstić information content (AvgIpc) is 3.75. The van der Waals surface area contributed by atoms with Gasteiger partial charge in [0.05, 0.1) is 15.5 Å². The van der Waals surface area contributed by atoms with Crippen molar-refractivity contribution >= 4 is 25.7 Å². The molecule has 224 valence electrons. The molecule has 7 nitrogen and oxygen atoms in total. The third kappa shape index (κ3) is 6.34. The number of hydrogen-bond donors (Lipinski definition) is 2. The zero-order valence-corrected chi connectivity index (χ0v) is 24.7. The molecular formula is C30H31F3N2O5S2. The summed E-state index contributed by atoms with van der Waals surface area (Å²) in [7, 11) is -8.41. The van der Waals surface area contributed by atoms with Crippen molar-refractivity contribution in [1.29, 1.82) is 0 Å². The van der Waals surface area contributed by atoms with E-state index in [2.05, 4.69) is 5.92 Å². The van der Waals surface area contributed by atoms with Crippen LogP contribution in [0, 0.1) is 24.7 Å². The van der Waals surface area contributed by atoms with Crippen molar-refractivity contribution < 1.29 is 35.1 Å². The van der Waals surface area contributed by atoms with E-state index in [4.69, 9.17) is 5.14 Å². The molecule has 1 unspecified atom stereocenters. The van der Waals surface area contributed by atoms with E-state index < -0.39 is 37.4 Å². The number of rotatable bonds is 9.